The number of rotatable bonds is 3. The number of aromatic nitrogens is 3. The first-order valence-corrected chi connectivity index (χ1v) is 10.1. The molecule has 0 bridgehead atoms. The highest BCUT2D eigenvalue weighted by molar-refractivity contribution is 6.07. The molecule has 30 heavy (non-hydrogen) atoms. The molecule has 5 rings (SSSR count). The number of alkyl halides is 1. The molecule has 3 heterocycles. The van der Waals surface area contributed by atoms with Crippen LogP contribution in [0.4, 0.5) is 15.9 Å². The van der Waals surface area contributed by atoms with Gasteiger partial charge in [0.2, 0.25) is 0 Å². The highest BCUT2D eigenvalue weighted by Gasteiger charge is 2.32. The molecule has 2 aromatic carbocycles. The molecular formula is C23H22FN5O. The van der Waals surface area contributed by atoms with Crippen LogP contribution in [0, 0.1) is 0 Å². The van der Waals surface area contributed by atoms with E-state index in [1.54, 1.807) is 18.0 Å². The summed E-state index contributed by atoms with van der Waals surface area (Å²) in [6, 6.07) is 15.4. The molecular weight excluding hydrogens is 381 g/mol. The van der Waals surface area contributed by atoms with Crippen molar-refractivity contribution in [2.45, 2.75) is 25.4 Å². The van der Waals surface area contributed by atoms with Gasteiger partial charge in [-0.15, -0.1) is 0 Å². The monoisotopic (exact) mass is 403 g/mol. The number of fused-ring (bicyclic) bond motifs is 2. The molecule has 152 valence electrons. The van der Waals surface area contributed by atoms with E-state index in [1.807, 2.05) is 48.5 Å². The van der Waals surface area contributed by atoms with Gasteiger partial charge in [0.1, 0.15) is 11.5 Å². The molecule has 7 heteroatoms. The zero-order valence-corrected chi connectivity index (χ0v) is 16.7. The summed E-state index contributed by atoms with van der Waals surface area (Å²) in [5, 5.41) is 13.3. The number of halogens is 1. The Labute approximate surface area is 173 Å². The van der Waals surface area contributed by atoms with Crippen LogP contribution in [0.15, 0.2) is 54.7 Å². The van der Waals surface area contributed by atoms with Crippen molar-refractivity contribution >= 4 is 39.2 Å². The largest absolute Gasteiger partial charge is 0.340 e. The number of carbonyl (C=O) groups excluding carboxylic acids is 1. The van der Waals surface area contributed by atoms with Gasteiger partial charge in [-0.2, -0.15) is 5.10 Å². The third kappa shape index (κ3) is 3.36. The first-order valence-electron chi connectivity index (χ1n) is 10.1. The summed E-state index contributed by atoms with van der Waals surface area (Å²) in [6.45, 7) is 2.51. The minimum atomic E-state index is -1.18. The minimum Gasteiger partial charge on any atom is -0.340 e. The molecule has 1 amide bonds. The van der Waals surface area contributed by atoms with E-state index in [9.17, 15) is 9.18 Å². The van der Waals surface area contributed by atoms with E-state index in [0.717, 1.165) is 27.7 Å². The predicted molar refractivity (Wildman–Crippen MR) is 116 cm³/mol. The van der Waals surface area contributed by atoms with Gasteiger partial charge in [0.25, 0.3) is 5.91 Å². The number of likely N-dealkylation sites (tertiary alicyclic amines) is 1. The Morgan fingerprint density at radius 2 is 1.97 bits per heavy atom. The van der Waals surface area contributed by atoms with Crippen LogP contribution in [0.1, 0.15) is 30.1 Å². The van der Waals surface area contributed by atoms with Crippen LogP contribution >= 0.6 is 0 Å². The number of pyridine rings is 1. The summed E-state index contributed by atoms with van der Waals surface area (Å²) in [6.07, 6.45) is 2.47. The highest BCUT2D eigenvalue weighted by Crippen LogP contribution is 2.30. The van der Waals surface area contributed by atoms with Gasteiger partial charge in [0.15, 0.2) is 5.65 Å². The Balaban J connectivity index is 1.43. The van der Waals surface area contributed by atoms with Crippen LogP contribution in [-0.4, -0.2) is 44.7 Å². The summed E-state index contributed by atoms with van der Waals surface area (Å²) in [7, 11) is 0. The zero-order chi connectivity index (χ0) is 20.7. The predicted octanol–water partition coefficient (Wildman–Crippen LogP) is 4.82. The molecule has 0 unspecified atom stereocenters. The second kappa shape index (κ2) is 7.09. The van der Waals surface area contributed by atoms with E-state index in [1.165, 1.54) is 0 Å². The zero-order valence-electron chi connectivity index (χ0n) is 16.7. The SMILES string of the molecule is CC1(F)CCN(C(=O)c2cccc3cc(Nc4[nH]nc5ncccc45)ccc23)CC1. The molecule has 0 atom stereocenters. The number of aromatic amines is 1. The topological polar surface area (TPSA) is 73.9 Å². The number of H-pyrrole nitrogens is 1. The van der Waals surface area contributed by atoms with Crippen LogP contribution in [0.2, 0.25) is 0 Å². The molecule has 1 aliphatic heterocycles. The average molecular weight is 403 g/mol. The average Bonchev–Trinajstić information content (AvgIpc) is 3.15. The van der Waals surface area contributed by atoms with Gasteiger partial charge >= 0.3 is 0 Å². The van der Waals surface area contributed by atoms with Crippen molar-refractivity contribution in [1.29, 1.82) is 0 Å². The number of piperidine rings is 1. The fraction of sp³-hybridized carbons (Fsp3) is 0.261. The summed E-state index contributed by atoms with van der Waals surface area (Å²) in [4.78, 5) is 19.1. The van der Waals surface area contributed by atoms with Gasteiger partial charge in [0.05, 0.1) is 5.39 Å². The molecule has 0 aliphatic carbocycles. The Morgan fingerprint density at radius 3 is 2.80 bits per heavy atom. The van der Waals surface area contributed by atoms with Gasteiger partial charge < -0.3 is 10.2 Å². The molecule has 0 saturated carbocycles. The second-order valence-corrected chi connectivity index (χ2v) is 8.05. The molecule has 4 aromatic rings. The van der Waals surface area contributed by atoms with E-state index >= 15 is 0 Å². The number of hydrogen-bond donors (Lipinski definition) is 2. The van der Waals surface area contributed by atoms with E-state index in [2.05, 4.69) is 20.5 Å². The van der Waals surface area contributed by atoms with E-state index in [-0.39, 0.29) is 5.91 Å². The van der Waals surface area contributed by atoms with Gasteiger partial charge in [-0.25, -0.2) is 9.37 Å². The van der Waals surface area contributed by atoms with Crippen molar-refractivity contribution in [3.8, 4) is 0 Å². The smallest absolute Gasteiger partial charge is 0.254 e. The highest BCUT2D eigenvalue weighted by atomic mass is 19.1. The fourth-order valence-corrected chi connectivity index (χ4v) is 3.98. The summed E-state index contributed by atoms with van der Waals surface area (Å²) < 4.78 is 14.1. The molecule has 1 aliphatic rings. The Morgan fingerprint density at radius 1 is 1.13 bits per heavy atom. The molecule has 6 nitrogen and oxygen atoms in total. The summed E-state index contributed by atoms with van der Waals surface area (Å²) in [5.41, 5.74) is 1.01. The maximum atomic E-state index is 14.1. The molecule has 1 fully saturated rings. The van der Waals surface area contributed by atoms with Crippen LogP contribution in [0.3, 0.4) is 0 Å². The summed E-state index contributed by atoms with van der Waals surface area (Å²) in [5.74, 6) is 0.731. The first kappa shape index (κ1) is 18.5. The number of nitrogens with zero attached hydrogens (tertiary/aromatic N) is 3. The number of amides is 1. The first-order chi connectivity index (χ1) is 14.5. The quantitative estimate of drug-likeness (QED) is 0.514. The lowest BCUT2D eigenvalue weighted by Crippen LogP contribution is -2.43. The summed E-state index contributed by atoms with van der Waals surface area (Å²) >= 11 is 0. The van der Waals surface area contributed by atoms with E-state index in [4.69, 9.17) is 0 Å². The van der Waals surface area contributed by atoms with Crippen LogP contribution in [-0.2, 0) is 0 Å². The lowest BCUT2D eigenvalue weighted by molar-refractivity contribution is 0.0505. The Kier molecular flexibility index (Phi) is 4.38. The number of carbonyl (C=O) groups is 1. The Bertz CT molecular complexity index is 1240. The van der Waals surface area contributed by atoms with Crippen LogP contribution in [0.25, 0.3) is 21.8 Å². The van der Waals surface area contributed by atoms with Crippen molar-refractivity contribution in [3.63, 3.8) is 0 Å². The number of anilines is 2. The molecule has 0 spiro atoms. The molecule has 2 N–H and O–H groups in total. The van der Waals surface area contributed by atoms with E-state index < -0.39 is 5.67 Å². The number of benzene rings is 2. The van der Waals surface area contributed by atoms with Crippen LogP contribution < -0.4 is 5.32 Å². The molecule has 1 saturated heterocycles. The third-order valence-electron chi connectivity index (χ3n) is 5.80. The van der Waals surface area contributed by atoms with Gasteiger partial charge in [0, 0.05) is 30.5 Å². The van der Waals surface area contributed by atoms with Crippen molar-refractivity contribution in [2.24, 2.45) is 0 Å². The normalized spacial score (nSPS) is 16.1. The Hall–Kier alpha value is -3.48. The van der Waals surface area contributed by atoms with Crippen LogP contribution in [0.5, 0.6) is 0 Å². The fourth-order valence-electron chi connectivity index (χ4n) is 3.98. The van der Waals surface area contributed by atoms with Crippen molar-refractivity contribution in [1.82, 2.24) is 20.1 Å². The maximum Gasteiger partial charge on any atom is 0.254 e. The molecule has 0 radical (unpaired) electrons. The van der Waals surface area contributed by atoms with Crippen molar-refractivity contribution in [2.75, 3.05) is 18.4 Å². The lowest BCUT2D eigenvalue weighted by Gasteiger charge is -2.34. The van der Waals surface area contributed by atoms with Crippen molar-refractivity contribution in [3.05, 3.63) is 60.3 Å². The lowest BCUT2D eigenvalue weighted by atomic mass is 9.94. The number of nitrogens with one attached hydrogen (secondary N) is 2. The van der Waals surface area contributed by atoms with Gasteiger partial charge in [-0.3, -0.25) is 9.89 Å². The van der Waals surface area contributed by atoms with E-state index in [0.29, 0.717) is 37.1 Å². The van der Waals surface area contributed by atoms with Gasteiger partial charge in [-0.1, -0.05) is 18.2 Å². The third-order valence-corrected chi connectivity index (χ3v) is 5.80. The van der Waals surface area contributed by atoms with Gasteiger partial charge in [-0.05, 0) is 60.9 Å². The standard InChI is InChI=1S/C23H22FN5O/c1-23(24)9-12-29(13-10-23)22(30)18-5-2-4-15-14-16(7-8-17(15)18)26-21-19-6-3-11-25-20(19)27-28-21/h2-8,11,14H,9-10,12-13H2,1H3,(H2,25,26,27,28). The second-order valence-electron chi connectivity index (χ2n) is 8.05. The van der Waals surface area contributed by atoms with Crippen molar-refractivity contribution < 1.29 is 9.18 Å². The minimum absolute atomic E-state index is 0.0394. The molecule has 2 aromatic heterocycles. The maximum absolute atomic E-state index is 14.1. The number of hydrogen-bond acceptors (Lipinski definition) is 4.